The zero-order valence-corrected chi connectivity index (χ0v) is 11.2. The Balaban J connectivity index is 1.81. The first-order chi connectivity index (χ1) is 9.34. The molecule has 1 atom stereocenters. The Kier molecular flexibility index (Phi) is 2.38. The van der Waals surface area contributed by atoms with Crippen LogP contribution in [0.3, 0.4) is 0 Å². The van der Waals surface area contributed by atoms with Gasteiger partial charge in [-0.2, -0.15) is 0 Å². The lowest BCUT2D eigenvalue weighted by atomic mass is 10.1. The molecule has 0 spiro atoms. The monoisotopic (exact) mass is 270 g/mol. The van der Waals surface area contributed by atoms with Crippen molar-refractivity contribution in [1.29, 1.82) is 0 Å². The van der Waals surface area contributed by atoms with Crippen LogP contribution < -0.4 is 5.32 Å². The summed E-state index contributed by atoms with van der Waals surface area (Å²) < 4.78 is 0. The zero-order valence-electron chi connectivity index (χ0n) is 10.4. The first-order valence-corrected chi connectivity index (χ1v) is 7.44. The van der Waals surface area contributed by atoms with E-state index in [4.69, 9.17) is 0 Å². The molecule has 3 nitrogen and oxygen atoms in total. The van der Waals surface area contributed by atoms with Gasteiger partial charge in [-0.05, 0) is 36.4 Å². The zero-order chi connectivity index (χ0) is 12.8. The van der Waals surface area contributed by atoms with Crippen LogP contribution in [-0.2, 0) is 0 Å². The third kappa shape index (κ3) is 1.75. The van der Waals surface area contributed by atoms with Crippen molar-refractivity contribution in [1.82, 2.24) is 4.90 Å². The molecule has 19 heavy (non-hydrogen) atoms. The molecule has 0 radical (unpaired) electrons. The first kappa shape index (κ1) is 11.1. The van der Waals surface area contributed by atoms with Gasteiger partial charge in [-0.3, -0.25) is 4.79 Å². The Labute approximate surface area is 115 Å². The third-order valence-electron chi connectivity index (χ3n) is 3.72. The van der Waals surface area contributed by atoms with Crippen molar-refractivity contribution in [2.75, 3.05) is 5.32 Å². The van der Waals surface area contributed by atoms with Crippen LogP contribution in [0.2, 0.25) is 0 Å². The van der Waals surface area contributed by atoms with Crippen molar-refractivity contribution >= 4 is 22.9 Å². The van der Waals surface area contributed by atoms with Crippen molar-refractivity contribution < 1.29 is 4.79 Å². The van der Waals surface area contributed by atoms with Gasteiger partial charge in [0.15, 0.2) is 0 Å². The Morgan fingerprint density at radius 1 is 1.16 bits per heavy atom. The van der Waals surface area contributed by atoms with Gasteiger partial charge in [0, 0.05) is 16.6 Å². The molecule has 2 aliphatic rings. The Bertz CT molecular complexity index is 619. The Hall–Kier alpha value is -1.81. The number of carbonyl (C=O) groups is 1. The number of anilines is 1. The van der Waals surface area contributed by atoms with Crippen LogP contribution >= 0.6 is 11.3 Å². The van der Waals surface area contributed by atoms with Gasteiger partial charge < -0.3 is 10.2 Å². The summed E-state index contributed by atoms with van der Waals surface area (Å²) >= 11 is 1.70. The fourth-order valence-corrected chi connectivity index (χ4v) is 3.43. The second kappa shape index (κ2) is 4.10. The average Bonchev–Trinajstić information content (AvgIpc) is 3.12. The minimum atomic E-state index is -0.00472. The summed E-state index contributed by atoms with van der Waals surface area (Å²) in [6, 6.07) is 12.3. The van der Waals surface area contributed by atoms with Gasteiger partial charge in [0.25, 0.3) is 5.91 Å². The summed E-state index contributed by atoms with van der Waals surface area (Å²) in [5.74, 6) is 0.162. The molecule has 96 valence electrons. The lowest BCUT2D eigenvalue weighted by Crippen LogP contribution is -2.43. The van der Waals surface area contributed by atoms with Crippen LogP contribution in [0.25, 0.3) is 0 Å². The van der Waals surface area contributed by atoms with E-state index < -0.39 is 0 Å². The van der Waals surface area contributed by atoms with Crippen molar-refractivity contribution in [3.63, 3.8) is 0 Å². The summed E-state index contributed by atoms with van der Waals surface area (Å²) in [5.41, 5.74) is 1.74. The van der Waals surface area contributed by atoms with Crippen LogP contribution in [0, 0.1) is 0 Å². The van der Waals surface area contributed by atoms with E-state index >= 15 is 0 Å². The molecule has 2 heterocycles. The molecule has 1 saturated carbocycles. The highest BCUT2D eigenvalue weighted by Crippen LogP contribution is 2.41. The molecule has 4 heteroatoms. The number of rotatable bonds is 2. The van der Waals surface area contributed by atoms with Crippen molar-refractivity contribution in [2.45, 2.75) is 25.0 Å². The molecule has 0 saturated heterocycles. The summed E-state index contributed by atoms with van der Waals surface area (Å²) in [6.07, 6.45) is 2.24. The molecule has 0 unspecified atom stereocenters. The summed E-state index contributed by atoms with van der Waals surface area (Å²) in [7, 11) is 0. The third-order valence-corrected chi connectivity index (χ3v) is 4.64. The maximum atomic E-state index is 12.7. The second-order valence-electron chi connectivity index (χ2n) is 5.05. The van der Waals surface area contributed by atoms with Crippen molar-refractivity contribution in [3.8, 4) is 0 Å². The van der Waals surface area contributed by atoms with E-state index in [0.29, 0.717) is 6.04 Å². The van der Waals surface area contributed by atoms with E-state index in [1.165, 1.54) is 4.88 Å². The van der Waals surface area contributed by atoms with Crippen molar-refractivity contribution in [3.05, 3.63) is 52.2 Å². The number of nitrogens with one attached hydrogen (secondary N) is 1. The minimum Gasteiger partial charge on any atom is -0.360 e. The van der Waals surface area contributed by atoms with Gasteiger partial charge in [0.2, 0.25) is 0 Å². The highest BCUT2D eigenvalue weighted by atomic mass is 32.1. The van der Waals surface area contributed by atoms with Gasteiger partial charge in [0.05, 0.1) is 5.56 Å². The average molecular weight is 270 g/mol. The number of hydrogen-bond acceptors (Lipinski definition) is 3. The van der Waals surface area contributed by atoms with Crippen LogP contribution in [0.15, 0.2) is 41.8 Å². The molecule has 1 fully saturated rings. The quantitative estimate of drug-likeness (QED) is 0.906. The largest absolute Gasteiger partial charge is 0.360 e. The fraction of sp³-hybridized carbons (Fsp3) is 0.267. The van der Waals surface area contributed by atoms with Crippen LogP contribution in [0.1, 0.15) is 34.2 Å². The highest BCUT2D eigenvalue weighted by molar-refractivity contribution is 7.10. The number of benzene rings is 1. The molecule has 4 rings (SSSR count). The molecular weight excluding hydrogens is 256 g/mol. The number of thiophene rings is 1. The topological polar surface area (TPSA) is 32.3 Å². The van der Waals surface area contributed by atoms with E-state index in [2.05, 4.69) is 16.8 Å². The molecule has 1 aliphatic heterocycles. The van der Waals surface area contributed by atoms with E-state index in [0.717, 1.165) is 24.1 Å². The maximum absolute atomic E-state index is 12.7. The van der Waals surface area contributed by atoms with Gasteiger partial charge >= 0.3 is 0 Å². The van der Waals surface area contributed by atoms with E-state index in [1.54, 1.807) is 11.3 Å². The van der Waals surface area contributed by atoms with E-state index in [-0.39, 0.29) is 12.1 Å². The summed E-state index contributed by atoms with van der Waals surface area (Å²) in [6.45, 7) is 0. The van der Waals surface area contributed by atoms with E-state index in [9.17, 15) is 4.79 Å². The predicted octanol–water partition coefficient (Wildman–Crippen LogP) is 3.48. The Morgan fingerprint density at radius 2 is 2.00 bits per heavy atom. The van der Waals surface area contributed by atoms with Crippen LogP contribution in [0.4, 0.5) is 5.69 Å². The summed E-state index contributed by atoms with van der Waals surface area (Å²) in [5, 5.41) is 5.58. The maximum Gasteiger partial charge on any atom is 0.258 e. The smallest absolute Gasteiger partial charge is 0.258 e. The second-order valence-corrected chi connectivity index (χ2v) is 6.03. The molecule has 1 amide bonds. The number of carbonyl (C=O) groups excluding carboxylic acids is 1. The minimum absolute atomic E-state index is 0.00472. The lowest BCUT2D eigenvalue weighted by Gasteiger charge is -2.37. The number of nitrogens with zero attached hydrogens (tertiary/aromatic N) is 1. The standard InChI is InChI=1S/C15H14N2OS/c18-15-11-4-1-2-5-12(11)16-14(13-6-3-9-19-13)17(15)10-7-8-10/h1-6,9-10,14,16H,7-8H2/t14-/m0/s1. The van der Waals surface area contributed by atoms with Gasteiger partial charge in [-0.15, -0.1) is 11.3 Å². The van der Waals surface area contributed by atoms with Gasteiger partial charge in [0.1, 0.15) is 6.17 Å². The SMILES string of the molecule is O=C1c2ccccc2N[C@H](c2cccs2)N1C1CC1. The predicted molar refractivity (Wildman–Crippen MR) is 76.3 cm³/mol. The van der Waals surface area contributed by atoms with Gasteiger partial charge in [-0.25, -0.2) is 0 Å². The fourth-order valence-electron chi connectivity index (χ4n) is 2.65. The summed E-state index contributed by atoms with van der Waals surface area (Å²) in [4.78, 5) is 15.9. The number of para-hydroxylation sites is 1. The van der Waals surface area contributed by atoms with E-state index in [1.807, 2.05) is 35.2 Å². The molecule has 1 aromatic heterocycles. The molecule has 1 aliphatic carbocycles. The highest BCUT2D eigenvalue weighted by Gasteiger charge is 2.42. The number of hydrogen-bond donors (Lipinski definition) is 1. The van der Waals surface area contributed by atoms with Crippen LogP contribution in [0.5, 0.6) is 0 Å². The van der Waals surface area contributed by atoms with Gasteiger partial charge in [-0.1, -0.05) is 18.2 Å². The lowest BCUT2D eigenvalue weighted by molar-refractivity contribution is 0.0669. The molecular formula is C15H14N2OS. The first-order valence-electron chi connectivity index (χ1n) is 6.56. The number of amides is 1. The Morgan fingerprint density at radius 3 is 2.74 bits per heavy atom. The molecule has 1 aromatic carbocycles. The molecule has 0 bridgehead atoms. The molecule has 1 N–H and O–H groups in total. The normalized spacial score (nSPS) is 22.0. The number of fused-ring (bicyclic) bond motifs is 1. The van der Waals surface area contributed by atoms with Crippen molar-refractivity contribution in [2.24, 2.45) is 0 Å². The molecule has 2 aromatic rings. The van der Waals surface area contributed by atoms with Crippen LogP contribution in [-0.4, -0.2) is 16.8 Å².